The Bertz CT molecular complexity index is 1170. The molecule has 1 aliphatic heterocycles. The number of fused-ring (bicyclic) bond motifs is 1. The highest BCUT2D eigenvalue weighted by molar-refractivity contribution is 5.97. The van der Waals surface area contributed by atoms with Crippen LogP contribution < -0.4 is 10.9 Å². The lowest BCUT2D eigenvalue weighted by Crippen LogP contribution is -2.46. The number of hydrogen-bond donors (Lipinski definition) is 2. The van der Waals surface area contributed by atoms with Gasteiger partial charge >= 0.3 is 0 Å². The summed E-state index contributed by atoms with van der Waals surface area (Å²) in [4.78, 5) is 40.6. The Balaban J connectivity index is 1.80. The summed E-state index contributed by atoms with van der Waals surface area (Å²) < 4.78 is 8.09. The van der Waals surface area contributed by atoms with Crippen molar-refractivity contribution in [2.24, 2.45) is 5.92 Å². The number of nitrogens with one attached hydrogen (secondary N) is 1. The van der Waals surface area contributed by atoms with E-state index in [2.05, 4.69) is 10.4 Å². The monoisotopic (exact) mass is 457 g/mol. The van der Waals surface area contributed by atoms with Crippen LogP contribution in [0, 0.1) is 12.8 Å². The second kappa shape index (κ2) is 9.01. The fourth-order valence-electron chi connectivity index (χ4n) is 4.09. The third-order valence-electron chi connectivity index (χ3n) is 5.95. The summed E-state index contributed by atoms with van der Waals surface area (Å²) in [7, 11) is 0. The van der Waals surface area contributed by atoms with Crippen molar-refractivity contribution in [3.8, 4) is 5.88 Å². The lowest BCUT2D eigenvalue weighted by atomic mass is 10.1. The first-order valence-corrected chi connectivity index (χ1v) is 11.4. The molecule has 1 atom stereocenters. The summed E-state index contributed by atoms with van der Waals surface area (Å²) >= 11 is 0. The number of carbonyl (C=O) groups is 2. The highest BCUT2D eigenvalue weighted by Gasteiger charge is 2.30. The average molecular weight is 458 g/mol. The molecule has 0 bridgehead atoms. The molecule has 1 unspecified atom stereocenters. The van der Waals surface area contributed by atoms with E-state index in [4.69, 9.17) is 4.74 Å². The second-order valence-corrected chi connectivity index (χ2v) is 9.28. The Morgan fingerprint density at radius 2 is 2.06 bits per heavy atom. The standard InChI is InChI=1S/C23H31N5O5/c1-13(2)11-27-21-17(7-8-18(29)26-9-10-33-12-14(26)3)15(4)25-28(21)23(32)19(22(27)31)20(30)24-16-5-6-16/h7-8,13-14,16,32H,5-6,9-12H2,1-4H3,(H,24,30). The van der Waals surface area contributed by atoms with Gasteiger partial charge in [-0.2, -0.15) is 9.61 Å². The molecule has 10 nitrogen and oxygen atoms in total. The molecule has 2 amide bonds. The van der Waals surface area contributed by atoms with E-state index in [1.165, 1.54) is 15.2 Å². The lowest BCUT2D eigenvalue weighted by molar-refractivity contribution is -0.133. The van der Waals surface area contributed by atoms with Crippen LogP contribution in [-0.4, -0.2) is 67.8 Å². The van der Waals surface area contributed by atoms with Crippen LogP contribution in [-0.2, 0) is 16.1 Å². The zero-order valence-corrected chi connectivity index (χ0v) is 19.5. The Morgan fingerprint density at radius 3 is 2.70 bits per heavy atom. The molecule has 1 saturated heterocycles. The number of hydrogen-bond acceptors (Lipinski definition) is 6. The van der Waals surface area contributed by atoms with Gasteiger partial charge in [-0.25, -0.2) is 0 Å². The predicted molar refractivity (Wildman–Crippen MR) is 122 cm³/mol. The Morgan fingerprint density at radius 1 is 1.33 bits per heavy atom. The molecule has 33 heavy (non-hydrogen) atoms. The maximum atomic E-state index is 13.4. The quantitative estimate of drug-likeness (QED) is 0.632. The molecule has 0 aromatic carbocycles. The van der Waals surface area contributed by atoms with Crippen LogP contribution in [0.15, 0.2) is 10.9 Å². The summed E-state index contributed by atoms with van der Waals surface area (Å²) in [6, 6.07) is 0.00796. The van der Waals surface area contributed by atoms with Crippen LogP contribution >= 0.6 is 0 Å². The summed E-state index contributed by atoms with van der Waals surface area (Å²) in [5.41, 5.74) is 0.541. The van der Waals surface area contributed by atoms with E-state index >= 15 is 0 Å². The first-order chi connectivity index (χ1) is 15.7. The number of carbonyl (C=O) groups excluding carboxylic acids is 2. The first kappa shape index (κ1) is 23.0. The molecule has 1 aliphatic carbocycles. The maximum absolute atomic E-state index is 13.4. The summed E-state index contributed by atoms with van der Waals surface area (Å²) in [5.74, 6) is -1.16. The number of rotatable bonds is 6. The molecule has 1 saturated carbocycles. The van der Waals surface area contributed by atoms with Crippen LogP contribution in [0.1, 0.15) is 55.2 Å². The third-order valence-corrected chi connectivity index (χ3v) is 5.95. The molecule has 2 aromatic heterocycles. The van der Waals surface area contributed by atoms with Crippen LogP contribution in [0.2, 0.25) is 0 Å². The van der Waals surface area contributed by atoms with Gasteiger partial charge in [-0.05, 0) is 38.7 Å². The fraction of sp³-hybridized carbons (Fsp3) is 0.565. The lowest BCUT2D eigenvalue weighted by Gasteiger charge is -2.32. The van der Waals surface area contributed by atoms with E-state index in [0.29, 0.717) is 43.2 Å². The van der Waals surface area contributed by atoms with Gasteiger partial charge in [-0.15, -0.1) is 0 Å². The summed E-state index contributed by atoms with van der Waals surface area (Å²) in [6.45, 7) is 9.41. The number of aromatic nitrogens is 3. The zero-order valence-electron chi connectivity index (χ0n) is 19.5. The number of nitrogens with zero attached hydrogens (tertiary/aromatic N) is 4. The van der Waals surface area contributed by atoms with Crippen LogP contribution in [0.3, 0.4) is 0 Å². The van der Waals surface area contributed by atoms with Crippen LogP contribution in [0.25, 0.3) is 11.7 Å². The van der Waals surface area contributed by atoms with E-state index in [-0.39, 0.29) is 29.5 Å². The van der Waals surface area contributed by atoms with Gasteiger partial charge in [0.15, 0.2) is 5.56 Å². The smallest absolute Gasteiger partial charge is 0.270 e. The largest absolute Gasteiger partial charge is 0.492 e. The van der Waals surface area contributed by atoms with Gasteiger partial charge < -0.3 is 20.1 Å². The number of amides is 2. The molecular formula is C23H31N5O5. The van der Waals surface area contributed by atoms with E-state index in [0.717, 1.165) is 12.8 Å². The summed E-state index contributed by atoms with van der Waals surface area (Å²) in [6.07, 6.45) is 4.81. The number of morpholine rings is 1. The average Bonchev–Trinajstić information content (AvgIpc) is 3.50. The molecule has 0 spiro atoms. The minimum Gasteiger partial charge on any atom is -0.492 e. The molecule has 3 heterocycles. The molecule has 0 radical (unpaired) electrons. The Labute approximate surface area is 191 Å². The SMILES string of the molecule is Cc1nn2c(O)c(C(=O)NC3CC3)c(=O)n(CC(C)C)c2c1C=CC(=O)N1CCOCC1C. The van der Waals surface area contributed by atoms with Crippen LogP contribution in [0.4, 0.5) is 0 Å². The van der Waals surface area contributed by atoms with Gasteiger partial charge in [-0.3, -0.25) is 19.0 Å². The van der Waals surface area contributed by atoms with Gasteiger partial charge in [0.25, 0.3) is 11.5 Å². The van der Waals surface area contributed by atoms with Gasteiger partial charge in [0, 0.05) is 30.8 Å². The summed E-state index contributed by atoms with van der Waals surface area (Å²) in [5, 5.41) is 18.0. The van der Waals surface area contributed by atoms with Crippen molar-refractivity contribution in [1.82, 2.24) is 24.4 Å². The minimum atomic E-state index is -0.596. The van der Waals surface area contributed by atoms with Crippen LogP contribution in [0.5, 0.6) is 5.88 Å². The highest BCUT2D eigenvalue weighted by atomic mass is 16.5. The van der Waals surface area contributed by atoms with Crippen molar-refractivity contribution in [2.45, 2.75) is 59.2 Å². The highest BCUT2D eigenvalue weighted by Crippen LogP contribution is 2.25. The van der Waals surface area contributed by atoms with Crippen molar-refractivity contribution < 1.29 is 19.4 Å². The van der Waals surface area contributed by atoms with Gasteiger partial charge in [0.2, 0.25) is 11.8 Å². The molecule has 2 N–H and O–H groups in total. The van der Waals surface area contributed by atoms with E-state index < -0.39 is 17.3 Å². The Hall–Kier alpha value is -3.14. The van der Waals surface area contributed by atoms with Gasteiger partial charge in [-0.1, -0.05) is 13.8 Å². The zero-order chi connectivity index (χ0) is 23.9. The van der Waals surface area contributed by atoms with Crippen molar-refractivity contribution in [1.29, 1.82) is 0 Å². The third kappa shape index (κ3) is 4.52. The van der Waals surface area contributed by atoms with Crippen molar-refractivity contribution >= 4 is 23.5 Å². The molecule has 2 fully saturated rings. The normalized spacial score (nSPS) is 19.1. The number of ether oxygens (including phenoxy) is 1. The van der Waals surface area contributed by atoms with Crippen molar-refractivity contribution in [2.75, 3.05) is 19.8 Å². The molecule has 10 heteroatoms. The first-order valence-electron chi connectivity index (χ1n) is 11.4. The van der Waals surface area contributed by atoms with Crippen molar-refractivity contribution in [3.63, 3.8) is 0 Å². The van der Waals surface area contributed by atoms with E-state index in [9.17, 15) is 19.5 Å². The molecule has 4 rings (SSSR count). The van der Waals surface area contributed by atoms with Crippen molar-refractivity contribution in [3.05, 3.63) is 33.3 Å². The minimum absolute atomic E-state index is 0.0309. The second-order valence-electron chi connectivity index (χ2n) is 9.28. The topological polar surface area (TPSA) is 118 Å². The number of aromatic hydroxyl groups is 1. The van der Waals surface area contributed by atoms with E-state index in [1.54, 1.807) is 17.9 Å². The molecule has 178 valence electrons. The van der Waals surface area contributed by atoms with Gasteiger partial charge in [0.05, 0.1) is 24.9 Å². The van der Waals surface area contributed by atoms with E-state index in [1.807, 2.05) is 20.8 Å². The number of aryl methyl sites for hydroxylation is 1. The Kier molecular flexibility index (Phi) is 6.29. The molecule has 2 aliphatic rings. The molecular weight excluding hydrogens is 426 g/mol. The molecule has 2 aromatic rings. The van der Waals surface area contributed by atoms with Gasteiger partial charge in [0.1, 0.15) is 5.65 Å². The predicted octanol–water partition coefficient (Wildman–Crippen LogP) is 1.32. The maximum Gasteiger partial charge on any atom is 0.270 e. The fourth-order valence-corrected chi connectivity index (χ4v) is 4.09.